The molecule has 0 atom stereocenters. The third-order valence-corrected chi connectivity index (χ3v) is 5.39. The standard InChI is InChI=1S/C18H13Cl2N3O3S/c1-10-3-2-4-13(19)12(10)8-17-22-15(9-27-17)18(24)21-11-5-6-14(20)16(7-11)23(25)26/h2-7,9H,8H2,1H3,(H,21,24). The Morgan fingerprint density at radius 3 is 2.74 bits per heavy atom. The Morgan fingerprint density at radius 2 is 2.04 bits per heavy atom. The molecule has 3 rings (SSSR count). The molecule has 1 N–H and O–H groups in total. The first-order valence-electron chi connectivity index (χ1n) is 7.79. The molecule has 27 heavy (non-hydrogen) atoms. The zero-order valence-electron chi connectivity index (χ0n) is 14.0. The highest BCUT2D eigenvalue weighted by atomic mass is 35.5. The van der Waals surface area contributed by atoms with Crippen molar-refractivity contribution < 1.29 is 9.72 Å². The Hall–Kier alpha value is -2.48. The monoisotopic (exact) mass is 421 g/mol. The fourth-order valence-corrected chi connectivity index (χ4v) is 3.72. The van der Waals surface area contributed by atoms with E-state index in [0.717, 1.165) is 16.1 Å². The number of nitro benzene ring substituents is 1. The number of anilines is 1. The number of nitrogens with zero attached hydrogens (tertiary/aromatic N) is 2. The molecule has 0 fully saturated rings. The fourth-order valence-electron chi connectivity index (χ4n) is 2.46. The summed E-state index contributed by atoms with van der Waals surface area (Å²) in [5, 5.41) is 16.6. The largest absolute Gasteiger partial charge is 0.320 e. The van der Waals surface area contributed by atoms with E-state index >= 15 is 0 Å². The lowest BCUT2D eigenvalue weighted by molar-refractivity contribution is -0.384. The van der Waals surface area contributed by atoms with Gasteiger partial charge in [-0.3, -0.25) is 14.9 Å². The molecule has 0 saturated carbocycles. The smallest absolute Gasteiger partial charge is 0.289 e. The zero-order chi connectivity index (χ0) is 19.6. The Balaban J connectivity index is 1.76. The van der Waals surface area contributed by atoms with Crippen LogP contribution < -0.4 is 5.32 Å². The quantitative estimate of drug-likeness (QED) is 0.434. The molecule has 1 amide bonds. The highest BCUT2D eigenvalue weighted by Crippen LogP contribution is 2.28. The van der Waals surface area contributed by atoms with Gasteiger partial charge in [-0.25, -0.2) is 4.98 Å². The molecule has 0 spiro atoms. The van der Waals surface area contributed by atoms with E-state index in [1.54, 1.807) is 5.38 Å². The second kappa shape index (κ2) is 8.04. The molecule has 3 aromatic rings. The van der Waals surface area contributed by atoms with Crippen LogP contribution in [-0.2, 0) is 6.42 Å². The number of halogens is 2. The van der Waals surface area contributed by atoms with Gasteiger partial charge in [-0.15, -0.1) is 11.3 Å². The number of thiazole rings is 1. The van der Waals surface area contributed by atoms with Gasteiger partial charge in [-0.2, -0.15) is 0 Å². The summed E-state index contributed by atoms with van der Waals surface area (Å²) in [6, 6.07) is 9.73. The summed E-state index contributed by atoms with van der Waals surface area (Å²) in [6.45, 7) is 1.97. The van der Waals surface area contributed by atoms with Crippen molar-refractivity contribution in [2.45, 2.75) is 13.3 Å². The van der Waals surface area contributed by atoms with E-state index < -0.39 is 10.8 Å². The summed E-state index contributed by atoms with van der Waals surface area (Å²) in [6.07, 6.45) is 0.524. The topological polar surface area (TPSA) is 85.1 Å². The number of carbonyl (C=O) groups excluding carboxylic acids is 1. The third kappa shape index (κ3) is 4.44. The van der Waals surface area contributed by atoms with E-state index in [2.05, 4.69) is 10.3 Å². The maximum atomic E-state index is 12.4. The Kier molecular flexibility index (Phi) is 5.74. The zero-order valence-corrected chi connectivity index (χ0v) is 16.4. The first-order valence-corrected chi connectivity index (χ1v) is 9.42. The van der Waals surface area contributed by atoms with E-state index in [1.807, 2.05) is 25.1 Å². The van der Waals surface area contributed by atoms with E-state index in [0.29, 0.717) is 11.4 Å². The SMILES string of the molecule is Cc1cccc(Cl)c1Cc1nc(C(=O)Nc2ccc(Cl)c([N+](=O)[O-])c2)cs1. The van der Waals surface area contributed by atoms with Crippen LogP contribution in [0.25, 0.3) is 0 Å². The van der Waals surface area contributed by atoms with Gasteiger partial charge < -0.3 is 5.32 Å². The summed E-state index contributed by atoms with van der Waals surface area (Å²) >= 11 is 13.4. The van der Waals surface area contributed by atoms with E-state index in [-0.39, 0.29) is 22.1 Å². The van der Waals surface area contributed by atoms with Crippen LogP contribution in [0.3, 0.4) is 0 Å². The summed E-state index contributed by atoms with van der Waals surface area (Å²) in [4.78, 5) is 27.1. The second-order valence-corrected chi connectivity index (χ2v) is 7.47. The van der Waals surface area contributed by atoms with Gasteiger partial charge >= 0.3 is 0 Å². The number of nitro groups is 1. The molecule has 0 aliphatic carbocycles. The molecule has 0 bridgehead atoms. The molecular weight excluding hydrogens is 409 g/mol. The van der Waals surface area contributed by atoms with Crippen molar-refractivity contribution in [1.29, 1.82) is 0 Å². The van der Waals surface area contributed by atoms with Gasteiger partial charge in [0, 0.05) is 28.6 Å². The highest BCUT2D eigenvalue weighted by molar-refractivity contribution is 7.09. The number of carbonyl (C=O) groups is 1. The normalized spacial score (nSPS) is 10.6. The molecule has 1 heterocycles. The number of benzene rings is 2. The van der Waals surface area contributed by atoms with Crippen LogP contribution in [0.4, 0.5) is 11.4 Å². The summed E-state index contributed by atoms with van der Waals surface area (Å²) < 4.78 is 0. The van der Waals surface area contributed by atoms with Crippen LogP contribution in [0.1, 0.15) is 26.6 Å². The molecule has 0 aliphatic heterocycles. The average molecular weight is 422 g/mol. The van der Waals surface area contributed by atoms with Gasteiger partial charge in [0.2, 0.25) is 0 Å². The first-order chi connectivity index (χ1) is 12.8. The van der Waals surface area contributed by atoms with E-state index in [9.17, 15) is 14.9 Å². The van der Waals surface area contributed by atoms with Crippen LogP contribution in [0.5, 0.6) is 0 Å². The molecule has 0 saturated heterocycles. The van der Waals surface area contributed by atoms with Gasteiger partial charge in [-0.05, 0) is 36.2 Å². The number of hydrogen-bond acceptors (Lipinski definition) is 5. The van der Waals surface area contributed by atoms with Crippen molar-refractivity contribution >= 4 is 51.8 Å². The van der Waals surface area contributed by atoms with Crippen LogP contribution >= 0.6 is 34.5 Å². The van der Waals surface area contributed by atoms with Crippen molar-refractivity contribution in [1.82, 2.24) is 4.98 Å². The molecule has 2 aromatic carbocycles. The third-order valence-electron chi connectivity index (χ3n) is 3.87. The lowest BCUT2D eigenvalue weighted by Crippen LogP contribution is -2.12. The Morgan fingerprint density at radius 1 is 1.26 bits per heavy atom. The summed E-state index contributed by atoms with van der Waals surface area (Å²) in [5.74, 6) is -0.454. The van der Waals surface area contributed by atoms with Crippen LogP contribution in [-0.4, -0.2) is 15.8 Å². The van der Waals surface area contributed by atoms with Crippen molar-refractivity contribution in [2.24, 2.45) is 0 Å². The molecule has 0 radical (unpaired) electrons. The maximum Gasteiger partial charge on any atom is 0.289 e. The van der Waals surface area contributed by atoms with Gasteiger partial charge in [-0.1, -0.05) is 35.3 Å². The number of rotatable bonds is 5. The maximum absolute atomic E-state index is 12.4. The molecule has 0 aliphatic rings. The van der Waals surface area contributed by atoms with Crippen LogP contribution in [0, 0.1) is 17.0 Å². The molecule has 1 aromatic heterocycles. The minimum Gasteiger partial charge on any atom is -0.320 e. The Bertz CT molecular complexity index is 1020. The summed E-state index contributed by atoms with van der Waals surface area (Å²) in [5.41, 5.74) is 2.25. The molecular formula is C18H13Cl2N3O3S. The number of aromatic nitrogens is 1. The average Bonchev–Trinajstić information content (AvgIpc) is 3.08. The van der Waals surface area contributed by atoms with E-state index in [1.165, 1.54) is 29.5 Å². The molecule has 0 unspecified atom stereocenters. The first kappa shape index (κ1) is 19.3. The highest BCUT2D eigenvalue weighted by Gasteiger charge is 2.16. The lowest BCUT2D eigenvalue weighted by Gasteiger charge is -2.06. The van der Waals surface area contributed by atoms with E-state index in [4.69, 9.17) is 23.2 Å². The van der Waals surface area contributed by atoms with Crippen LogP contribution in [0.2, 0.25) is 10.0 Å². The van der Waals surface area contributed by atoms with Crippen molar-refractivity contribution in [3.8, 4) is 0 Å². The lowest BCUT2D eigenvalue weighted by atomic mass is 10.1. The van der Waals surface area contributed by atoms with Gasteiger partial charge in [0.15, 0.2) is 0 Å². The number of amides is 1. The van der Waals surface area contributed by atoms with Gasteiger partial charge in [0.05, 0.1) is 9.93 Å². The molecule has 138 valence electrons. The molecule has 9 heteroatoms. The van der Waals surface area contributed by atoms with Crippen molar-refractivity contribution in [3.63, 3.8) is 0 Å². The predicted octanol–water partition coefficient (Wildman–Crippen LogP) is 5.51. The minimum atomic E-state index is -0.606. The van der Waals surface area contributed by atoms with Crippen LogP contribution in [0.15, 0.2) is 41.8 Å². The fraction of sp³-hybridized carbons (Fsp3) is 0.111. The van der Waals surface area contributed by atoms with Crippen molar-refractivity contribution in [2.75, 3.05) is 5.32 Å². The predicted molar refractivity (Wildman–Crippen MR) is 107 cm³/mol. The van der Waals surface area contributed by atoms with Crippen molar-refractivity contribution in [3.05, 3.63) is 83.8 Å². The molecule has 6 nitrogen and oxygen atoms in total. The van der Waals surface area contributed by atoms with Gasteiger partial charge in [0.25, 0.3) is 11.6 Å². The number of nitrogens with one attached hydrogen (secondary N) is 1. The summed E-state index contributed by atoms with van der Waals surface area (Å²) in [7, 11) is 0. The second-order valence-electron chi connectivity index (χ2n) is 5.72. The minimum absolute atomic E-state index is 0.00375. The number of hydrogen-bond donors (Lipinski definition) is 1. The van der Waals surface area contributed by atoms with Gasteiger partial charge in [0.1, 0.15) is 10.7 Å². The Labute approximate surface area is 168 Å². The number of aryl methyl sites for hydroxylation is 1.